The monoisotopic (exact) mass is 255 g/mol. The van der Waals surface area contributed by atoms with Gasteiger partial charge in [0, 0.05) is 16.2 Å². The van der Waals surface area contributed by atoms with Crippen LogP contribution in [0, 0.1) is 19.2 Å². The average molecular weight is 255 g/mol. The summed E-state index contributed by atoms with van der Waals surface area (Å²) in [6.07, 6.45) is -1.02. The van der Waals surface area contributed by atoms with Gasteiger partial charge in [-0.05, 0) is 36.8 Å². The molecule has 0 fully saturated rings. The van der Waals surface area contributed by atoms with Crippen LogP contribution < -0.4 is 0 Å². The van der Waals surface area contributed by atoms with Crippen molar-refractivity contribution < 1.29 is 13.2 Å². The van der Waals surface area contributed by atoms with Crippen LogP contribution in [-0.4, -0.2) is 0 Å². The van der Waals surface area contributed by atoms with E-state index >= 15 is 0 Å². The van der Waals surface area contributed by atoms with Crippen molar-refractivity contribution in [2.45, 2.75) is 13.3 Å². The van der Waals surface area contributed by atoms with Gasteiger partial charge in [0.25, 0.3) is 6.43 Å². The highest BCUT2D eigenvalue weighted by Crippen LogP contribution is 2.26. The summed E-state index contributed by atoms with van der Waals surface area (Å²) < 4.78 is 38.1. The Bertz CT molecular complexity index is 517. The molecule has 0 atom stereocenters. The van der Waals surface area contributed by atoms with Crippen molar-refractivity contribution >= 4 is 11.3 Å². The van der Waals surface area contributed by atoms with Crippen LogP contribution in [0.5, 0.6) is 0 Å². The maximum atomic E-state index is 13.1. The Morgan fingerprint density at radius 2 is 1.94 bits per heavy atom. The van der Waals surface area contributed by atoms with Crippen molar-refractivity contribution in [3.05, 3.63) is 63.5 Å². The first-order valence-electron chi connectivity index (χ1n) is 5.05. The minimum atomic E-state index is -2.78. The van der Waals surface area contributed by atoms with Crippen LogP contribution in [-0.2, 0) is 0 Å². The van der Waals surface area contributed by atoms with Gasteiger partial charge in [0.1, 0.15) is 5.82 Å². The first-order chi connectivity index (χ1) is 8.06. The molecule has 0 N–H and O–H groups in total. The van der Waals surface area contributed by atoms with Crippen LogP contribution in [0.4, 0.5) is 13.2 Å². The van der Waals surface area contributed by atoms with E-state index in [1.165, 1.54) is 12.1 Å². The molecule has 0 aliphatic carbocycles. The molecule has 0 amide bonds. The molecule has 2 aromatic rings. The van der Waals surface area contributed by atoms with Crippen molar-refractivity contribution in [1.82, 2.24) is 0 Å². The van der Waals surface area contributed by atoms with Gasteiger partial charge in [0.15, 0.2) is 0 Å². The van der Waals surface area contributed by atoms with E-state index < -0.39 is 17.8 Å². The lowest BCUT2D eigenvalue weighted by atomic mass is 10.1. The van der Waals surface area contributed by atoms with E-state index in [1.807, 2.05) is 19.1 Å². The smallest absolute Gasteiger partial charge is 0.206 e. The quantitative estimate of drug-likeness (QED) is 0.743. The molecule has 0 aliphatic rings. The van der Waals surface area contributed by atoms with E-state index in [9.17, 15) is 13.2 Å². The largest absolute Gasteiger partial charge is 0.266 e. The number of rotatable bonds is 3. The second-order valence-electron chi connectivity index (χ2n) is 3.67. The highest BCUT2D eigenvalue weighted by molar-refractivity contribution is 7.12. The van der Waals surface area contributed by atoms with Crippen LogP contribution in [0.3, 0.4) is 0 Å². The molecule has 1 aromatic heterocycles. The second kappa shape index (κ2) is 4.92. The summed E-state index contributed by atoms with van der Waals surface area (Å²) in [5.74, 6) is -0.862. The van der Waals surface area contributed by atoms with E-state index in [1.54, 1.807) is 17.8 Å². The molecule has 1 radical (unpaired) electrons. The lowest BCUT2D eigenvalue weighted by molar-refractivity contribution is 0.146. The molecule has 0 nitrogen and oxygen atoms in total. The number of benzene rings is 1. The molecule has 0 spiro atoms. The third-order valence-corrected chi connectivity index (χ3v) is 3.27. The summed E-state index contributed by atoms with van der Waals surface area (Å²) in [4.78, 5) is 2.11. The van der Waals surface area contributed by atoms with Gasteiger partial charge in [-0.2, -0.15) is 0 Å². The molecular formula is C13H10F3S. The Hall–Kier alpha value is -1.29. The number of hydrogen-bond donors (Lipinski definition) is 0. The van der Waals surface area contributed by atoms with Crippen LogP contribution in [0.2, 0.25) is 0 Å². The SMILES string of the molecule is Cc1ccc([CH]c2ccc(F)c(C(F)F)c2)s1. The van der Waals surface area contributed by atoms with Crippen molar-refractivity contribution in [2.24, 2.45) is 0 Å². The van der Waals surface area contributed by atoms with Crippen LogP contribution in [0.1, 0.15) is 27.3 Å². The van der Waals surface area contributed by atoms with Gasteiger partial charge >= 0.3 is 0 Å². The maximum absolute atomic E-state index is 13.1. The zero-order valence-corrected chi connectivity index (χ0v) is 9.90. The van der Waals surface area contributed by atoms with E-state index in [2.05, 4.69) is 0 Å². The maximum Gasteiger partial charge on any atom is 0.266 e. The van der Waals surface area contributed by atoms with Crippen LogP contribution in [0.15, 0.2) is 30.3 Å². The van der Waals surface area contributed by atoms with Gasteiger partial charge in [-0.1, -0.05) is 6.07 Å². The van der Waals surface area contributed by atoms with Crippen molar-refractivity contribution in [1.29, 1.82) is 0 Å². The van der Waals surface area contributed by atoms with Gasteiger partial charge in [-0.25, -0.2) is 13.2 Å². The minimum Gasteiger partial charge on any atom is -0.206 e. The highest BCUT2D eigenvalue weighted by Gasteiger charge is 2.14. The molecule has 1 heterocycles. The van der Waals surface area contributed by atoms with Gasteiger partial charge < -0.3 is 0 Å². The Balaban J connectivity index is 2.25. The first-order valence-corrected chi connectivity index (χ1v) is 5.86. The Labute approximate surface area is 102 Å². The fraction of sp³-hybridized carbons (Fsp3) is 0.154. The Morgan fingerprint density at radius 3 is 2.53 bits per heavy atom. The predicted molar refractivity (Wildman–Crippen MR) is 62.9 cm³/mol. The van der Waals surface area contributed by atoms with E-state index in [0.29, 0.717) is 5.56 Å². The molecule has 89 valence electrons. The number of halogens is 3. The molecule has 0 aliphatic heterocycles. The summed E-state index contributed by atoms with van der Waals surface area (Å²) in [5.41, 5.74) is 0.0376. The summed E-state index contributed by atoms with van der Waals surface area (Å²) in [5, 5.41) is 0. The molecule has 17 heavy (non-hydrogen) atoms. The average Bonchev–Trinajstić information content (AvgIpc) is 2.66. The third-order valence-electron chi connectivity index (χ3n) is 2.33. The number of alkyl halides is 2. The molecule has 0 bridgehead atoms. The first kappa shape index (κ1) is 12.2. The Kier molecular flexibility index (Phi) is 3.52. The van der Waals surface area contributed by atoms with E-state index in [4.69, 9.17) is 0 Å². The molecule has 4 heteroatoms. The number of thiophene rings is 1. The van der Waals surface area contributed by atoms with Gasteiger partial charge in [-0.3, -0.25) is 0 Å². The fourth-order valence-corrected chi connectivity index (χ4v) is 2.35. The summed E-state index contributed by atoms with van der Waals surface area (Å²) in [6.45, 7) is 1.97. The van der Waals surface area contributed by atoms with E-state index in [-0.39, 0.29) is 0 Å². The Morgan fingerprint density at radius 1 is 1.18 bits per heavy atom. The van der Waals surface area contributed by atoms with Gasteiger partial charge in [0.2, 0.25) is 0 Å². The van der Waals surface area contributed by atoms with E-state index in [0.717, 1.165) is 15.8 Å². The van der Waals surface area contributed by atoms with Crippen molar-refractivity contribution in [2.75, 3.05) is 0 Å². The van der Waals surface area contributed by atoms with Gasteiger partial charge in [0.05, 0.1) is 5.56 Å². The van der Waals surface area contributed by atoms with Crippen LogP contribution in [0.25, 0.3) is 0 Å². The lowest BCUT2D eigenvalue weighted by Crippen LogP contribution is -1.93. The summed E-state index contributed by atoms with van der Waals surface area (Å²) >= 11 is 1.56. The standard InChI is InChI=1S/C13H10F3S/c1-8-2-4-10(17-8)6-9-3-5-12(14)11(7-9)13(15)16/h2-7,13H,1H3. The molecular weight excluding hydrogens is 245 g/mol. The predicted octanol–water partition coefficient (Wildman–Crippen LogP) is 4.73. The topological polar surface area (TPSA) is 0 Å². The van der Waals surface area contributed by atoms with Gasteiger partial charge in [-0.15, -0.1) is 11.3 Å². The molecule has 0 saturated heterocycles. The minimum absolute atomic E-state index is 0.549. The molecule has 1 aromatic carbocycles. The number of hydrogen-bond acceptors (Lipinski definition) is 1. The van der Waals surface area contributed by atoms with Crippen LogP contribution >= 0.6 is 11.3 Å². The zero-order chi connectivity index (χ0) is 12.4. The molecule has 2 rings (SSSR count). The lowest BCUT2D eigenvalue weighted by Gasteiger charge is -2.04. The normalized spacial score (nSPS) is 11.1. The fourth-order valence-electron chi connectivity index (χ4n) is 1.51. The van der Waals surface area contributed by atoms with Crippen molar-refractivity contribution in [3.63, 3.8) is 0 Å². The summed E-state index contributed by atoms with van der Waals surface area (Å²) in [6, 6.07) is 7.62. The second-order valence-corrected chi connectivity index (χ2v) is 4.99. The zero-order valence-electron chi connectivity index (χ0n) is 9.08. The number of aryl methyl sites for hydroxylation is 1. The third kappa shape index (κ3) is 2.88. The van der Waals surface area contributed by atoms with Crippen molar-refractivity contribution in [3.8, 4) is 0 Å². The molecule has 0 saturated carbocycles. The highest BCUT2D eigenvalue weighted by atomic mass is 32.1. The molecule has 0 unspecified atom stereocenters. The summed E-state index contributed by atoms with van der Waals surface area (Å²) in [7, 11) is 0.